The Hall–Kier alpha value is -2.85. The first-order valence-electron chi connectivity index (χ1n) is 8.26. The predicted octanol–water partition coefficient (Wildman–Crippen LogP) is 2.57. The van der Waals surface area contributed by atoms with Crippen LogP contribution >= 0.6 is 0 Å². The number of benzene rings is 2. The Balaban J connectivity index is 2.13. The molecule has 0 saturated heterocycles. The maximum absolute atomic E-state index is 13.0. The Morgan fingerprint density at radius 1 is 1.18 bits per heavy atom. The summed E-state index contributed by atoms with van der Waals surface area (Å²) in [7, 11) is -1.22. The molecule has 0 aliphatic rings. The van der Waals surface area contributed by atoms with Crippen molar-refractivity contribution >= 4 is 21.6 Å². The van der Waals surface area contributed by atoms with E-state index in [2.05, 4.69) is 0 Å². The Morgan fingerprint density at radius 2 is 1.79 bits per heavy atom. The second-order valence-electron chi connectivity index (χ2n) is 6.25. The van der Waals surface area contributed by atoms with Gasteiger partial charge < -0.3 is 4.90 Å². The topological polar surface area (TPSA) is 101 Å². The number of nitrogens with zero attached hydrogens (tertiary/aromatic N) is 3. The molecule has 2 aromatic carbocycles. The highest BCUT2D eigenvalue weighted by Crippen LogP contribution is 2.23. The van der Waals surface area contributed by atoms with Crippen molar-refractivity contribution in [3.8, 4) is 0 Å². The van der Waals surface area contributed by atoms with Gasteiger partial charge in [0.05, 0.1) is 22.4 Å². The lowest BCUT2D eigenvalue weighted by Gasteiger charge is -2.27. The molecule has 0 saturated carbocycles. The number of halogens is 1. The molecular formula is C18H20FN3O5S. The maximum atomic E-state index is 13.0. The van der Waals surface area contributed by atoms with E-state index < -0.39 is 39.3 Å². The number of hydrogen-bond donors (Lipinski definition) is 0. The first-order chi connectivity index (χ1) is 13.0. The van der Waals surface area contributed by atoms with Crippen LogP contribution < -0.4 is 0 Å². The van der Waals surface area contributed by atoms with Crippen molar-refractivity contribution in [2.75, 3.05) is 20.6 Å². The fourth-order valence-corrected chi connectivity index (χ4v) is 3.63. The number of rotatable bonds is 7. The normalized spacial score (nSPS) is 12.6. The molecule has 8 nitrogen and oxygen atoms in total. The molecule has 2 rings (SSSR count). The van der Waals surface area contributed by atoms with E-state index in [1.54, 1.807) is 13.0 Å². The zero-order valence-electron chi connectivity index (χ0n) is 15.6. The highest BCUT2D eigenvalue weighted by atomic mass is 32.2. The highest BCUT2D eigenvalue weighted by molar-refractivity contribution is 7.89. The molecule has 150 valence electrons. The summed E-state index contributed by atoms with van der Waals surface area (Å²) in [6.07, 6.45) is 0. The first kappa shape index (κ1) is 21.5. The molecule has 0 bridgehead atoms. The second kappa shape index (κ2) is 8.44. The zero-order valence-corrected chi connectivity index (χ0v) is 16.4. The number of sulfonamides is 1. The van der Waals surface area contributed by atoms with Crippen LogP contribution in [0.3, 0.4) is 0 Å². The molecular weight excluding hydrogens is 389 g/mol. The molecule has 2 aromatic rings. The van der Waals surface area contributed by atoms with Crippen molar-refractivity contribution in [2.24, 2.45) is 0 Å². The first-order valence-corrected chi connectivity index (χ1v) is 9.70. The third-order valence-electron chi connectivity index (χ3n) is 4.42. The zero-order chi connectivity index (χ0) is 21.1. The van der Waals surface area contributed by atoms with Crippen molar-refractivity contribution < 1.29 is 22.5 Å². The van der Waals surface area contributed by atoms with Crippen molar-refractivity contribution in [1.82, 2.24) is 9.21 Å². The van der Waals surface area contributed by atoms with Gasteiger partial charge in [-0.2, -0.15) is 4.31 Å². The van der Waals surface area contributed by atoms with Gasteiger partial charge >= 0.3 is 0 Å². The molecule has 0 spiro atoms. The Bertz CT molecular complexity index is 979. The fraction of sp³-hybridized carbons (Fsp3) is 0.278. The molecule has 0 fully saturated rings. The molecule has 1 atom stereocenters. The van der Waals surface area contributed by atoms with Crippen molar-refractivity contribution in [3.63, 3.8) is 0 Å². The van der Waals surface area contributed by atoms with E-state index in [0.717, 1.165) is 28.6 Å². The van der Waals surface area contributed by atoms with E-state index >= 15 is 0 Å². The molecule has 0 N–H and O–H groups in total. The van der Waals surface area contributed by atoms with Crippen molar-refractivity contribution in [2.45, 2.75) is 17.9 Å². The van der Waals surface area contributed by atoms with Gasteiger partial charge in [0, 0.05) is 26.2 Å². The molecule has 0 aromatic heterocycles. The molecule has 0 aliphatic heterocycles. The van der Waals surface area contributed by atoms with Crippen LogP contribution in [0.15, 0.2) is 53.4 Å². The standard InChI is InChI=1S/C18H20FN3O5S/c1-13(14-5-4-6-16(11-14)22(24)25)21(3)18(23)12-20(2)28(26,27)17-9-7-15(19)8-10-17/h4-11,13H,12H2,1-3H3/t13-/m0/s1. The summed E-state index contributed by atoms with van der Waals surface area (Å²) in [5.74, 6) is -1.06. The third kappa shape index (κ3) is 4.70. The molecule has 0 radical (unpaired) electrons. The monoisotopic (exact) mass is 409 g/mol. The number of likely N-dealkylation sites (N-methyl/N-ethyl adjacent to an activating group) is 2. The average molecular weight is 409 g/mol. The lowest BCUT2D eigenvalue weighted by atomic mass is 10.1. The molecule has 1 amide bonds. The van der Waals surface area contributed by atoms with E-state index in [-0.39, 0.29) is 10.6 Å². The van der Waals surface area contributed by atoms with Crippen molar-refractivity contribution in [3.05, 3.63) is 70.0 Å². The molecule has 28 heavy (non-hydrogen) atoms. The smallest absolute Gasteiger partial charge is 0.269 e. The maximum Gasteiger partial charge on any atom is 0.269 e. The number of nitro benzene ring substituents is 1. The summed E-state index contributed by atoms with van der Waals surface area (Å²) in [5.41, 5.74) is 0.454. The predicted molar refractivity (Wildman–Crippen MR) is 100 cm³/mol. The number of amides is 1. The number of non-ortho nitro benzene ring substituents is 1. The van der Waals surface area contributed by atoms with Crippen LogP contribution in [0.1, 0.15) is 18.5 Å². The Kier molecular flexibility index (Phi) is 6.47. The average Bonchev–Trinajstić information content (AvgIpc) is 2.67. The number of carbonyl (C=O) groups is 1. The van der Waals surface area contributed by atoms with Crippen LogP contribution in [-0.4, -0.2) is 49.1 Å². The summed E-state index contributed by atoms with van der Waals surface area (Å²) in [6.45, 7) is 1.25. The lowest BCUT2D eigenvalue weighted by Crippen LogP contribution is -2.40. The van der Waals surface area contributed by atoms with Crippen LogP contribution in [0.5, 0.6) is 0 Å². The van der Waals surface area contributed by atoms with Gasteiger partial charge in [0.2, 0.25) is 15.9 Å². The van der Waals surface area contributed by atoms with Gasteiger partial charge in [0.25, 0.3) is 5.69 Å². The van der Waals surface area contributed by atoms with Gasteiger partial charge in [-0.1, -0.05) is 12.1 Å². The van der Waals surface area contributed by atoms with Gasteiger partial charge in [0.1, 0.15) is 5.82 Å². The highest BCUT2D eigenvalue weighted by Gasteiger charge is 2.26. The van der Waals surface area contributed by atoms with E-state index in [9.17, 15) is 27.7 Å². The SMILES string of the molecule is C[C@@H](c1cccc([N+](=O)[O-])c1)N(C)C(=O)CN(C)S(=O)(=O)c1ccc(F)cc1. The quantitative estimate of drug-likeness (QED) is 0.517. The summed E-state index contributed by atoms with van der Waals surface area (Å²) in [5, 5.41) is 10.9. The number of hydrogen-bond acceptors (Lipinski definition) is 5. The van der Waals surface area contributed by atoms with Gasteiger partial charge in [0.15, 0.2) is 0 Å². The molecule has 0 aliphatic carbocycles. The van der Waals surface area contributed by atoms with E-state index in [4.69, 9.17) is 0 Å². The van der Waals surface area contributed by atoms with Crippen LogP contribution in [0, 0.1) is 15.9 Å². The van der Waals surface area contributed by atoms with Crippen LogP contribution in [0.2, 0.25) is 0 Å². The lowest BCUT2D eigenvalue weighted by molar-refractivity contribution is -0.384. The fourth-order valence-electron chi connectivity index (χ4n) is 2.51. The van der Waals surface area contributed by atoms with Crippen LogP contribution in [0.4, 0.5) is 10.1 Å². The summed E-state index contributed by atoms with van der Waals surface area (Å²) < 4.78 is 38.9. The minimum atomic E-state index is -3.96. The van der Waals surface area contributed by atoms with Gasteiger partial charge in [-0.25, -0.2) is 12.8 Å². The Labute approximate surface area is 162 Å². The van der Waals surface area contributed by atoms with Gasteiger partial charge in [-0.3, -0.25) is 14.9 Å². The minimum Gasteiger partial charge on any atom is -0.338 e. The van der Waals surface area contributed by atoms with Gasteiger partial charge in [-0.05, 0) is 36.8 Å². The van der Waals surface area contributed by atoms with E-state index in [1.807, 2.05) is 0 Å². The number of nitro groups is 1. The Morgan fingerprint density at radius 3 is 2.36 bits per heavy atom. The summed E-state index contributed by atoms with van der Waals surface area (Å²) in [4.78, 5) is 24.1. The molecule has 0 heterocycles. The van der Waals surface area contributed by atoms with Crippen LogP contribution in [-0.2, 0) is 14.8 Å². The van der Waals surface area contributed by atoms with Gasteiger partial charge in [-0.15, -0.1) is 0 Å². The van der Waals surface area contributed by atoms with Crippen molar-refractivity contribution in [1.29, 1.82) is 0 Å². The van der Waals surface area contributed by atoms with E-state index in [1.165, 1.54) is 37.2 Å². The van der Waals surface area contributed by atoms with Crippen LogP contribution in [0.25, 0.3) is 0 Å². The largest absolute Gasteiger partial charge is 0.338 e. The minimum absolute atomic E-state index is 0.0961. The van der Waals surface area contributed by atoms with E-state index in [0.29, 0.717) is 5.56 Å². The molecule has 0 unspecified atom stereocenters. The summed E-state index contributed by atoms with van der Waals surface area (Å²) in [6, 6.07) is 9.69. The third-order valence-corrected chi connectivity index (χ3v) is 6.24. The summed E-state index contributed by atoms with van der Waals surface area (Å²) >= 11 is 0. The number of carbonyl (C=O) groups excluding carboxylic acids is 1. The molecule has 10 heteroatoms. The second-order valence-corrected chi connectivity index (χ2v) is 8.29.